The van der Waals surface area contributed by atoms with E-state index in [4.69, 9.17) is 13.9 Å². The molecule has 1 heterocycles. The molecule has 5 nitrogen and oxygen atoms in total. The predicted octanol–water partition coefficient (Wildman–Crippen LogP) is 4.34. The molecule has 0 fully saturated rings. The van der Waals surface area contributed by atoms with Gasteiger partial charge in [0.1, 0.15) is 24.8 Å². The average Bonchev–Trinajstić information content (AvgIpc) is 3.14. The van der Waals surface area contributed by atoms with Crippen molar-refractivity contribution >= 4 is 5.97 Å². The van der Waals surface area contributed by atoms with Gasteiger partial charge in [-0.2, -0.15) is 0 Å². The Labute approximate surface area is 156 Å². The minimum absolute atomic E-state index is 0.127. The van der Waals surface area contributed by atoms with E-state index >= 15 is 0 Å². The molecule has 0 saturated carbocycles. The largest absolute Gasteiger partial charge is 0.490 e. The van der Waals surface area contributed by atoms with Gasteiger partial charge < -0.3 is 13.9 Å². The maximum Gasteiger partial charge on any atom is 0.306 e. The summed E-state index contributed by atoms with van der Waals surface area (Å²) < 4.78 is 30.0. The highest BCUT2D eigenvalue weighted by Crippen LogP contribution is 2.23. The summed E-state index contributed by atoms with van der Waals surface area (Å²) in [5.74, 6) is 0.723. The Morgan fingerprint density at radius 1 is 1.11 bits per heavy atom. The molecule has 0 amide bonds. The second kappa shape index (κ2) is 8.98. The van der Waals surface area contributed by atoms with Crippen LogP contribution in [0.3, 0.4) is 0 Å². The van der Waals surface area contributed by atoms with Crippen molar-refractivity contribution in [2.24, 2.45) is 0 Å². The monoisotopic (exact) mass is 369 g/mol. The van der Waals surface area contributed by atoms with E-state index < -0.39 is 0 Å². The fourth-order valence-corrected chi connectivity index (χ4v) is 2.52. The Bertz CT molecular complexity index is 906. The Morgan fingerprint density at radius 3 is 2.70 bits per heavy atom. The number of carbonyl (C=O) groups excluding carboxylic acids is 1. The topological polar surface area (TPSA) is 61.6 Å². The van der Waals surface area contributed by atoms with Gasteiger partial charge in [-0.05, 0) is 30.7 Å². The standard InChI is InChI=1S/C21H20FNO4/c1-15-6-2-5-9-18(15)25-12-13-26-21(24)11-10-20-23-14-19(27-20)16-7-3-4-8-17(16)22/h2-9,14H,10-13H2,1H3. The molecule has 0 atom stereocenters. The highest BCUT2D eigenvalue weighted by atomic mass is 19.1. The first kappa shape index (κ1) is 18.6. The number of para-hydroxylation sites is 1. The zero-order valence-corrected chi connectivity index (χ0v) is 15.0. The summed E-state index contributed by atoms with van der Waals surface area (Å²) in [7, 11) is 0. The molecule has 0 saturated heterocycles. The molecule has 0 unspecified atom stereocenters. The second-order valence-corrected chi connectivity index (χ2v) is 5.93. The summed E-state index contributed by atoms with van der Waals surface area (Å²) in [4.78, 5) is 15.9. The Kier molecular flexibility index (Phi) is 6.20. The van der Waals surface area contributed by atoms with E-state index in [1.54, 1.807) is 18.2 Å². The van der Waals surface area contributed by atoms with Crippen molar-refractivity contribution in [2.75, 3.05) is 13.2 Å². The van der Waals surface area contributed by atoms with Gasteiger partial charge in [-0.3, -0.25) is 4.79 Å². The Balaban J connectivity index is 1.41. The fraction of sp³-hybridized carbons (Fsp3) is 0.238. The first-order chi connectivity index (χ1) is 13.1. The van der Waals surface area contributed by atoms with Crippen molar-refractivity contribution in [3.63, 3.8) is 0 Å². The molecule has 0 aliphatic heterocycles. The highest BCUT2D eigenvalue weighted by Gasteiger charge is 2.12. The number of ether oxygens (including phenoxy) is 2. The predicted molar refractivity (Wildman–Crippen MR) is 97.9 cm³/mol. The number of halogens is 1. The van der Waals surface area contributed by atoms with Crippen molar-refractivity contribution in [2.45, 2.75) is 19.8 Å². The maximum absolute atomic E-state index is 13.7. The lowest BCUT2D eigenvalue weighted by Gasteiger charge is -2.09. The molecule has 3 rings (SSSR count). The van der Waals surface area contributed by atoms with E-state index in [9.17, 15) is 9.18 Å². The summed E-state index contributed by atoms with van der Waals surface area (Å²) >= 11 is 0. The van der Waals surface area contributed by atoms with Crippen LogP contribution in [0.5, 0.6) is 5.75 Å². The number of nitrogens with zero attached hydrogens (tertiary/aromatic N) is 1. The third-order valence-corrected chi connectivity index (χ3v) is 3.93. The van der Waals surface area contributed by atoms with Gasteiger partial charge in [0.2, 0.25) is 0 Å². The lowest BCUT2D eigenvalue weighted by molar-refractivity contribution is -0.144. The number of rotatable bonds is 8. The quantitative estimate of drug-likeness (QED) is 0.436. The van der Waals surface area contributed by atoms with Crippen LogP contribution in [0.1, 0.15) is 17.9 Å². The van der Waals surface area contributed by atoms with Crippen LogP contribution < -0.4 is 4.74 Å². The van der Waals surface area contributed by atoms with Crippen LogP contribution in [0.2, 0.25) is 0 Å². The normalized spacial score (nSPS) is 10.6. The summed E-state index contributed by atoms with van der Waals surface area (Å²) in [5.41, 5.74) is 1.37. The summed E-state index contributed by atoms with van der Waals surface area (Å²) in [6.07, 6.45) is 1.86. The van der Waals surface area contributed by atoms with Gasteiger partial charge in [-0.25, -0.2) is 9.37 Å². The third-order valence-electron chi connectivity index (χ3n) is 3.93. The first-order valence-electron chi connectivity index (χ1n) is 8.67. The SMILES string of the molecule is Cc1ccccc1OCCOC(=O)CCc1ncc(-c2ccccc2F)o1. The van der Waals surface area contributed by atoms with Gasteiger partial charge >= 0.3 is 5.97 Å². The van der Waals surface area contributed by atoms with Crippen LogP contribution in [-0.2, 0) is 16.0 Å². The number of carbonyl (C=O) groups is 1. The van der Waals surface area contributed by atoms with E-state index in [-0.39, 0.29) is 37.8 Å². The minimum atomic E-state index is -0.381. The Morgan fingerprint density at radius 2 is 1.89 bits per heavy atom. The van der Waals surface area contributed by atoms with Crippen LogP contribution in [0.15, 0.2) is 59.1 Å². The van der Waals surface area contributed by atoms with E-state index in [2.05, 4.69) is 4.98 Å². The molecule has 0 radical (unpaired) electrons. The molecule has 0 spiro atoms. The van der Waals surface area contributed by atoms with Gasteiger partial charge in [0, 0.05) is 6.42 Å². The molecule has 3 aromatic rings. The molecular formula is C21H20FNO4. The van der Waals surface area contributed by atoms with Crippen molar-refractivity contribution in [1.82, 2.24) is 4.98 Å². The summed E-state index contributed by atoms with van der Waals surface area (Å²) in [6, 6.07) is 13.9. The first-order valence-corrected chi connectivity index (χ1v) is 8.67. The van der Waals surface area contributed by atoms with E-state index in [1.807, 2.05) is 31.2 Å². The molecule has 0 bridgehead atoms. The van der Waals surface area contributed by atoms with Crippen molar-refractivity contribution < 1.29 is 23.1 Å². The van der Waals surface area contributed by atoms with Crippen LogP contribution in [0, 0.1) is 12.7 Å². The lowest BCUT2D eigenvalue weighted by Crippen LogP contribution is -2.13. The van der Waals surface area contributed by atoms with Crippen LogP contribution in [0.25, 0.3) is 11.3 Å². The molecule has 6 heteroatoms. The van der Waals surface area contributed by atoms with Crippen LogP contribution in [0.4, 0.5) is 4.39 Å². The summed E-state index contributed by atoms with van der Waals surface area (Å²) in [6.45, 7) is 2.40. The number of hydrogen-bond donors (Lipinski definition) is 0. The number of esters is 1. The van der Waals surface area contributed by atoms with Crippen LogP contribution in [-0.4, -0.2) is 24.2 Å². The highest BCUT2D eigenvalue weighted by molar-refractivity contribution is 5.69. The zero-order chi connectivity index (χ0) is 19.1. The molecule has 27 heavy (non-hydrogen) atoms. The number of aryl methyl sites for hydroxylation is 2. The van der Waals surface area contributed by atoms with E-state index in [0.717, 1.165) is 11.3 Å². The molecule has 0 aliphatic carbocycles. The minimum Gasteiger partial charge on any atom is -0.490 e. The number of aromatic nitrogens is 1. The van der Waals surface area contributed by atoms with E-state index in [1.165, 1.54) is 12.3 Å². The van der Waals surface area contributed by atoms with Gasteiger partial charge in [0.15, 0.2) is 11.7 Å². The average molecular weight is 369 g/mol. The van der Waals surface area contributed by atoms with Gasteiger partial charge in [0.25, 0.3) is 0 Å². The van der Waals surface area contributed by atoms with Crippen molar-refractivity contribution in [3.05, 3.63) is 72.0 Å². The van der Waals surface area contributed by atoms with Gasteiger partial charge in [-0.1, -0.05) is 30.3 Å². The fourth-order valence-electron chi connectivity index (χ4n) is 2.52. The number of hydrogen-bond acceptors (Lipinski definition) is 5. The second-order valence-electron chi connectivity index (χ2n) is 5.93. The number of benzene rings is 2. The third kappa shape index (κ3) is 5.17. The van der Waals surface area contributed by atoms with Crippen LogP contribution >= 0.6 is 0 Å². The maximum atomic E-state index is 13.7. The van der Waals surface area contributed by atoms with Crippen molar-refractivity contribution in [1.29, 1.82) is 0 Å². The van der Waals surface area contributed by atoms with E-state index in [0.29, 0.717) is 17.2 Å². The molecule has 0 N–H and O–H groups in total. The Hall–Kier alpha value is -3.15. The van der Waals surface area contributed by atoms with Gasteiger partial charge in [0.05, 0.1) is 18.2 Å². The molecular weight excluding hydrogens is 349 g/mol. The molecule has 0 aliphatic rings. The molecule has 1 aromatic heterocycles. The van der Waals surface area contributed by atoms with Crippen molar-refractivity contribution in [3.8, 4) is 17.1 Å². The van der Waals surface area contributed by atoms with Gasteiger partial charge in [-0.15, -0.1) is 0 Å². The smallest absolute Gasteiger partial charge is 0.306 e. The lowest BCUT2D eigenvalue weighted by atomic mass is 10.2. The summed E-state index contributed by atoms with van der Waals surface area (Å²) in [5, 5.41) is 0. The zero-order valence-electron chi connectivity index (χ0n) is 15.0. The molecule has 2 aromatic carbocycles. The molecule has 140 valence electrons. The number of oxazole rings is 1.